The lowest BCUT2D eigenvalue weighted by molar-refractivity contribution is -0.135. The number of aromatic nitrogens is 3. The zero-order valence-corrected chi connectivity index (χ0v) is 15.6. The average molecular weight is 382 g/mol. The molecule has 0 unspecified atom stereocenters. The third-order valence-electron chi connectivity index (χ3n) is 5.46. The summed E-state index contributed by atoms with van der Waals surface area (Å²) >= 11 is 0. The molecule has 9 heteroatoms. The number of nitrogens with zero attached hydrogens (tertiary/aromatic N) is 4. The minimum atomic E-state index is -0.792. The Morgan fingerprint density at radius 3 is 2.61 bits per heavy atom. The van der Waals surface area contributed by atoms with Gasteiger partial charge in [0.1, 0.15) is 24.7 Å². The van der Waals surface area contributed by atoms with Crippen molar-refractivity contribution in [1.82, 2.24) is 30.3 Å². The summed E-state index contributed by atoms with van der Waals surface area (Å²) < 4.78 is 1.64. The first-order chi connectivity index (χ1) is 13.5. The third-order valence-corrected chi connectivity index (χ3v) is 5.46. The predicted molar refractivity (Wildman–Crippen MR) is 99.4 cm³/mol. The maximum atomic E-state index is 12.6. The van der Waals surface area contributed by atoms with Crippen molar-refractivity contribution in [2.45, 2.75) is 44.2 Å². The van der Waals surface area contributed by atoms with E-state index in [1.54, 1.807) is 11.0 Å². The molecule has 1 saturated heterocycles. The first-order valence-corrected chi connectivity index (χ1v) is 9.37. The van der Waals surface area contributed by atoms with Crippen molar-refractivity contribution in [2.75, 3.05) is 6.54 Å². The second-order valence-electron chi connectivity index (χ2n) is 7.33. The molecule has 2 N–H and O–H groups in total. The van der Waals surface area contributed by atoms with Crippen LogP contribution < -0.4 is 10.6 Å². The van der Waals surface area contributed by atoms with E-state index in [0.29, 0.717) is 12.8 Å². The zero-order chi connectivity index (χ0) is 19.7. The molecule has 146 valence electrons. The van der Waals surface area contributed by atoms with Gasteiger partial charge in [-0.3, -0.25) is 14.5 Å². The molecule has 4 amide bonds. The highest BCUT2D eigenvalue weighted by Gasteiger charge is 2.52. The Kier molecular flexibility index (Phi) is 4.58. The van der Waals surface area contributed by atoms with E-state index < -0.39 is 11.6 Å². The monoisotopic (exact) mass is 382 g/mol. The second-order valence-corrected chi connectivity index (χ2v) is 7.33. The Bertz CT molecular complexity index is 887. The second kappa shape index (κ2) is 7.06. The molecule has 28 heavy (non-hydrogen) atoms. The summed E-state index contributed by atoms with van der Waals surface area (Å²) in [6.45, 7) is 1.58. The highest BCUT2D eigenvalue weighted by Crippen LogP contribution is 2.34. The summed E-state index contributed by atoms with van der Waals surface area (Å²) in [6.07, 6.45) is 6.17. The summed E-state index contributed by atoms with van der Waals surface area (Å²) in [5, 5.41) is 9.70. The number of rotatable bonds is 5. The van der Waals surface area contributed by atoms with Crippen molar-refractivity contribution in [3.8, 4) is 5.69 Å². The number of carbonyl (C=O) groups excluding carboxylic acids is 3. The van der Waals surface area contributed by atoms with Crippen LogP contribution in [0.4, 0.5) is 4.79 Å². The fraction of sp³-hybridized carbons (Fsp3) is 0.421. The van der Waals surface area contributed by atoms with E-state index in [1.165, 1.54) is 6.33 Å². The minimum Gasteiger partial charge on any atom is -0.348 e. The van der Waals surface area contributed by atoms with Gasteiger partial charge in [0.2, 0.25) is 5.91 Å². The zero-order valence-electron chi connectivity index (χ0n) is 15.6. The van der Waals surface area contributed by atoms with Crippen LogP contribution in [0.1, 0.15) is 44.2 Å². The van der Waals surface area contributed by atoms with Crippen LogP contribution in [-0.2, 0) is 9.59 Å². The van der Waals surface area contributed by atoms with Gasteiger partial charge in [-0.2, -0.15) is 5.10 Å². The van der Waals surface area contributed by atoms with Gasteiger partial charge in [-0.15, -0.1) is 0 Å². The number of imide groups is 1. The fourth-order valence-corrected chi connectivity index (χ4v) is 3.91. The number of carbonyl (C=O) groups is 3. The number of nitrogens with one attached hydrogen (secondary N) is 2. The molecule has 2 aromatic rings. The van der Waals surface area contributed by atoms with E-state index in [4.69, 9.17) is 0 Å². The van der Waals surface area contributed by atoms with Crippen LogP contribution in [0.25, 0.3) is 5.69 Å². The lowest BCUT2D eigenvalue weighted by atomic mass is 9.98. The molecule has 1 saturated carbocycles. The van der Waals surface area contributed by atoms with Crippen molar-refractivity contribution < 1.29 is 14.4 Å². The quantitative estimate of drug-likeness (QED) is 0.758. The molecule has 2 heterocycles. The molecule has 1 aliphatic heterocycles. The van der Waals surface area contributed by atoms with Crippen molar-refractivity contribution in [3.05, 3.63) is 42.5 Å². The molecule has 0 bridgehead atoms. The molecule has 4 rings (SSSR count). The molecular formula is C19H22N6O3. The lowest BCUT2D eigenvalue weighted by Gasteiger charge is -2.20. The summed E-state index contributed by atoms with van der Waals surface area (Å²) in [7, 11) is 0. The van der Waals surface area contributed by atoms with Gasteiger partial charge in [0.15, 0.2) is 0 Å². The highest BCUT2D eigenvalue weighted by molar-refractivity contribution is 6.09. The van der Waals surface area contributed by atoms with Crippen LogP contribution in [0.3, 0.4) is 0 Å². The molecule has 9 nitrogen and oxygen atoms in total. The molecule has 1 aromatic carbocycles. The van der Waals surface area contributed by atoms with Gasteiger partial charge < -0.3 is 10.6 Å². The standard InChI is InChI=1S/C19H22N6O3/c1-13(14-4-6-15(7-5-14)25-12-20-11-21-25)22-16(26)10-24-17(27)19(23-18(24)28)8-2-3-9-19/h4-7,11-13H,2-3,8-10H2,1H3,(H,22,26)(H,23,28)/t13-/m0/s1. The maximum absolute atomic E-state index is 12.6. The largest absolute Gasteiger partial charge is 0.348 e. The van der Waals surface area contributed by atoms with E-state index >= 15 is 0 Å². The summed E-state index contributed by atoms with van der Waals surface area (Å²) in [4.78, 5) is 42.2. The smallest absolute Gasteiger partial charge is 0.325 e. The van der Waals surface area contributed by atoms with E-state index in [2.05, 4.69) is 20.7 Å². The third kappa shape index (κ3) is 3.23. The van der Waals surface area contributed by atoms with E-state index in [-0.39, 0.29) is 24.4 Å². The number of hydrogen-bond acceptors (Lipinski definition) is 5. The Labute approximate surface area is 162 Å². The SMILES string of the molecule is C[C@H](NC(=O)CN1C(=O)NC2(CCCC2)C1=O)c1ccc(-n2cncn2)cc1. The number of hydrogen-bond donors (Lipinski definition) is 2. The summed E-state index contributed by atoms with van der Waals surface area (Å²) in [5.41, 5.74) is 0.975. The van der Waals surface area contributed by atoms with E-state index in [9.17, 15) is 14.4 Å². The van der Waals surface area contributed by atoms with Crippen molar-refractivity contribution in [1.29, 1.82) is 0 Å². The van der Waals surface area contributed by atoms with Gasteiger partial charge in [-0.05, 0) is 37.5 Å². The van der Waals surface area contributed by atoms with Crippen molar-refractivity contribution in [2.24, 2.45) is 0 Å². The summed E-state index contributed by atoms with van der Waals surface area (Å²) in [5.74, 6) is -0.651. The van der Waals surface area contributed by atoms with Gasteiger partial charge in [0.25, 0.3) is 5.91 Å². The van der Waals surface area contributed by atoms with Gasteiger partial charge in [0, 0.05) is 0 Å². The van der Waals surface area contributed by atoms with Crippen molar-refractivity contribution >= 4 is 17.8 Å². The molecule has 0 radical (unpaired) electrons. The van der Waals surface area contributed by atoms with Crippen LogP contribution in [0.2, 0.25) is 0 Å². The van der Waals surface area contributed by atoms with Gasteiger partial charge in [-0.25, -0.2) is 14.5 Å². The van der Waals surface area contributed by atoms with Gasteiger partial charge in [0.05, 0.1) is 11.7 Å². The number of urea groups is 1. The molecule has 1 aromatic heterocycles. The lowest BCUT2D eigenvalue weighted by Crippen LogP contribution is -2.45. The average Bonchev–Trinajstić information content (AvgIpc) is 3.42. The van der Waals surface area contributed by atoms with Gasteiger partial charge >= 0.3 is 6.03 Å². The molecule has 2 aliphatic rings. The van der Waals surface area contributed by atoms with E-state index in [0.717, 1.165) is 29.0 Å². The number of amides is 4. The topological polar surface area (TPSA) is 109 Å². The molecule has 1 aliphatic carbocycles. The Morgan fingerprint density at radius 1 is 1.25 bits per heavy atom. The van der Waals surface area contributed by atoms with Crippen molar-refractivity contribution in [3.63, 3.8) is 0 Å². The molecule has 2 fully saturated rings. The maximum Gasteiger partial charge on any atom is 0.325 e. The molecular weight excluding hydrogens is 360 g/mol. The first-order valence-electron chi connectivity index (χ1n) is 9.37. The van der Waals surface area contributed by atoms with Crippen LogP contribution >= 0.6 is 0 Å². The van der Waals surface area contributed by atoms with Gasteiger partial charge in [-0.1, -0.05) is 25.0 Å². The van der Waals surface area contributed by atoms with E-state index in [1.807, 2.05) is 31.2 Å². The van der Waals surface area contributed by atoms with Crippen LogP contribution in [0.5, 0.6) is 0 Å². The molecule has 1 spiro atoms. The first kappa shape index (κ1) is 18.1. The minimum absolute atomic E-state index is 0.265. The number of benzene rings is 1. The fourth-order valence-electron chi connectivity index (χ4n) is 3.91. The predicted octanol–water partition coefficient (Wildman–Crippen LogP) is 1.31. The van der Waals surface area contributed by atoms with Crippen LogP contribution in [-0.4, -0.2) is 49.6 Å². The Hall–Kier alpha value is -3.23. The normalized spacial score (nSPS) is 19.1. The Balaban J connectivity index is 1.37. The van der Waals surface area contributed by atoms with Crippen LogP contribution in [0, 0.1) is 0 Å². The summed E-state index contributed by atoms with van der Waals surface area (Å²) in [6, 6.07) is 6.80. The Morgan fingerprint density at radius 2 is 1.96 bits per heavy atom. The highest BCUT2D eigenvalue weighted by atomic mass is 16.2. The molecule has 1 atom stereocenters. The van der Waals surface area contributed by atoms with Crippen LogP contribution in [0.15, 0.2) is 36.9 Å².